The predicted molar refractivity (Wildman–Crippen MR) is 107 cm³/mol. The lowest BCUT2D eigenvalue weighted by molar-refractivity contribution is 0.0939. The summed E-state index contributed by atoms with van der Waals surface area (Å²) in [5.74, 6) is 0.568. The highest BCUT2D eigenvalue weighted by atomic mass is 35.5. The Morgan fingerprint density at radius 2 is 2.33 bits per heavy atom. The van der Waals surface area contributed by atoms with Crippen molar-refractivity contribution in [2.24, 2.45) is 16.8 Å². The molecule has 27 heavy (non-hydrogen) atoms. The van der Waals surface area contributed by atoms with Crippen LogP contribution < -0.4 is 5.32 Å². The SMILES string of the molecule is CC1C=C(O)N=CC1CN1CC[C@H](NC(=O)c2c[nH]c3ccc(Cl)cc23)C1. The number of hydrogen-bond acceptors (Lipinski definition) is 4. The molecule has 2 aromatic rings. The van der Waals surface area contributed by atoms with Crippen LogP contribution in [-0.4, -0.2) is 52.8 Å². The van der Waals surface area contributed by atoms with Crippen LogP contribution in [0.2, 0.25) is 5.02 Å². The molecule has 0 spiro atoms. The average Bonchev–Trinajstić information content (AvgIpc) is 3.23. The molecule has 3 heterocycles. The lowest BCUT2D eigenvalue weighted by Crippen LogP contribution is -2.38. The lowest BCUT2D eigenvalue weighted by Gasteiger charge is -2.26. The number of aromatic amines is 1. The van der Waals surface area contributed by atoms with E-state index in [1.165, 1.54) is 0 Å². The largest absolute Gasteiger partial charge is 0.493 e. The molecule has 0 bridgehead atoms. The van der Waals surface area contributed by atoms with Gasteiger partial charge >= 0.3 is 0 Å². The zero-order chi connectivity index (χ0) is 19.0. The maximum atomic E-state index is 12.7. The molecule has 3 atom stereocenters. The van der Waals surface area contributed by atoms with Crippen LogP contribution in [-0.2, 0) is 0 Å². The monoisotopic (exact) mass is 386 g/mol. The maximum absolute atomic E-state index is 12.7. The summed E-state index contributed by atoms with van der Waals surface area (Å²) in [6.07, 6.45) is 6.29. The van der Waals surface area contributed by atoms with Gasteiger partial charge in [0.25, 0.3) is 5.91 Å². The van der Waals surface area contributed by atoms with E-state index in [0.29, 0.717) is 10.6 Å². The standard InChI is InChI=1S/C20H23ClN4O2/c1-12-6-19(26)23-8-13(12)10-25-5-4-15(11-25)24-20(27)17-9-22-18-3-2-14(21)7-16(17)18/h2-3,6-9,12-13,15,22,26H,4-5,10-11H2,1H3,(H,24,27)/t12?,13?,15-/m0/s1. The summed E-state index contributed by atoms with van der Waals surface area (Å²) in [7, 11) is 0. The fraction of sp³-hybridized carbons (Fsp3) is 0.400. The minimum absolute atomic E-state index is 0.0733. The normalized spacial score (nSPS) is 25.7. The highest BCUT2D eigenvalue weighted by Gasteiger charge is 2.28. The lowest BCUT2D eigenvalue weighted by atomic mass is 9.93. The fourth-order valence-electron chi connectivity index (χ4n) is 3.88. The molecule has 0 radical (unpaired) electrons. The van der Waals surface area contributed by atoms with Crippen molar-refractivity contribution in [2.45, 2.75) is 19.4 Å². The Bertz CT molecular complexity index is 920. The van der Waals surface area contributed by atoms with Crippen molar-refractivity contribution in [1.29, 1.82) is 0 Å². The van der Waals surface area contributed by atoms with Crippen LogP contribution in [0.3, 0.4) is 0 Å². The summed E-state index contributed by atoms with van der Waals surface area (Å²) in [6, 6.07) is 5.63. The molecule has 7 heteroatoms. The van der Waals surface area contributed by atoms with E-state index in [2.05, 4.69) is 27.1 Å². The van der Waals surface area contributed by atoms with E-state index in [4.69, 9.17) is 11.6 Å². The molecular weight excluding hydrogens is 364 g/mol. The maximum Gasteiger partial charge on any atom is 0.253 e. The van der Waals surface area contributed by atoms with Gasteiger partial charge in [0.1, 0.15) is 0 Å². The van der Waals surface area contributed by atoms with Crippen molar-refractivity contribution in [1.82, 2.24) is 15.2 Å². The molecule has 2 unspecified atom stereocenters. The van der Waals surface area contributed by atoms with Crippen molar-refractivity contribution in [2.75, 3.05) is 19.6 Å². The number of aliphatic hydroxyl groups excluding tert-OH is 1. The molecule has 4 rings (SSSR count). The Balaban J connectivity index is 1.36. The molecule has 6 nitrogen and oxygen atoms in total. The third-order valence-electron chi connectivity index (χ3n) is 5.45. The zero-order valence-electron chi connectivity index (χ0n) is 15.2. The van der Waals surface area contributed by atoms with E-state index in [1.807, 2.05) is 18.3 Å². The molecule has 1 amide bonds. The number of likely N-dealkylation sites (tertiary alicyclic amines) is 1. The second-order valence-corrected chi connectivity index (χ2v) is 7.87. The van der Waals surface area contributed by atoms with Crippen LogP contribution in [0.1, 0.15) is 23.7 Å². The Hall–Kier alpha value is -2.31. The van der Waals surface area contributed by atoms with Crippen LogP contribution in [0, 0.1) is 11.8 Å². The second-order valence-electron chi connectivity index (χ2n) is 7.44. The van der Waals surface area contributed by atoms with Gasteiger partial charge in [-0.25, -0.2) is 4.99 Å². The molecule has 1 aromatic heterocycles. The number of benzene rings is 1. The van der Waals surface area contributed by atoms with Gasteiger partial charge < -0.3 is 20.3 Å². The van der Waals surface area contributed by atoms with E-state index < -0.39 is 0 Å². The number of allylic oxidation sites excluding steroid dienone is 1. The first-order valence-corrected chi connectivity index (χ1v) is 9.62. The van der Waals surface area contributed by atoms with Gasteiger partial charge in [-0.15, -0.1) is 0 Å². The van der Waals surface area contributed by atoms with Gasteiger partial charge in [-0.3, -0.25) is 4.79 Å². The Kier molecular flexibility index (Phi) is 4.93. The smallest absolute Gasteiger partial charge is 0.253 e. The summed E-state index contributed by atoms with van der Waals surface area (Å²) in [4.78, 5) is 22.2. The number of aliphatic hydroxyl groups is 1. The van der Waals surface area contributed by atoms with E-state index in [9.17, 15) is 9.90 Å². The first-order valence-electron chi connectivity index (χ1n) is 9.24. The van der Waals surface area contributed by atoms with E-state index in [1.54, 1.807) is 18.3 Å². The molecule has 142 valence electrons. The van der Waals surface area contributed by atoms with Gasteiger partial charge in [-0.05, 0) is 36.6 Å². The van der Waals surface area contributed by atoms with E-state index in [-0.39, 0.29) is 29.7 Å². The Labute approximate surface area is 162 Å². The Morgan fingerprint density at radius 1 is 1.48 bits per heavy atom. The summed E-state index contributed by atoms with van der Waals surface area (Å²) in [5.41, 5.74) is 1.53. The van der Waals surface area contributed by atoms with Crippen molar-refractivity contribution in [3.05, 3.63) is 46.9 Å². The predicted octanol–water partition coefficient (Wildman–Crippen LogP) is 3.36. The van der Waals surface area contributed by atoms with Crippen LogP contribution in [0.25, 0.3) is 10.9 Å². The van der Waals surface area contributed by atoms with Crippen LogP contribution >= 0.6 is 11.6 Å². The van der Waals surface area contributed by atoms with Gasteiger partial charge in [-0.1, -0.05) is 18.5 Å². The number of halogens is 1. The number of carbonyl (C=O) groups is 1. The summed E-state index contributed by atoms with van der Waals surface area (Å²) < 4.78 is 0. The van der Waals surface area contributed by atoms with Crippen molar-refractivity contribution >= 4 is 34.6 Å². The number of H-pyrrole nitrogens is 1. The molecule has 2 aliphatic rings. The molecule has 1 saturated heterocycles. The van der Waals surface area contributed by atoms with Gasteiger partial charge in [0, 0.05) is 59.9 Å². The molecular formula is C20H23ClN4O2. The number of amides is 1. The number of aromatic nitrogens is 1. The van der Waals surface area contributed by atoms with Crippen molar-refractivity contribution in [3.63, 3.8) is 0 Å². The number of fused-ring (bicyclic) bond motifs is 1. The second kappa shape index (κ2) is 7.37. The van der Waals surface area contributed by atoms with Crippen LogP contribution in [0.15, 0.2) is 41.3 Å². The van der Waals surface area contributed by atoms with Crippen molar-refractivity contribution < 1.29 is 9.90 Å². The molecule has 1 aromatic carbocycles. The molecule has 3 N–H and O–H groups in total. The summed E-state index contributed by atoms with van der Waals surface area (Å²) in [6.45, 7) is 4.73. The fourth-order valence-corrected chi connectivity index (χ4v) is 4.05. The van der Waals surface area contributed by atoms with E-state index >= 15 is 0 Å². The van der Waals surface area contributed by atoms with Crippen LogP contribution in [0.5, 0.6) is 0 Å². The quantitative estimate of drug-likeness (QED) is 0.753. The van der Waals surface area contributed by atoms with Crippen LogP contribution in [0.4, 0.5) is 0 Å². The number of aliphatic imine (C=N–C) groups is 1. The summed E-state index contributed by atoms with van der Waals surface area (Å²) >= 11 is 6.07. The number of rotatable bonds is 4. The third-order valence-corrected chi connectivity index (χ3v) is 5.69. The third kappa shape index (κ3) is 3.87. The number of hydrogen-bond donors (Lipinski definition) is 3. The Morgan fingerprint density at radius 3 is 3.15 bits per heavy atom. The topological polar surface area (TPSA) is 80.7 Å². The molecule has 0 aliphatic carbocycles. The first kappa shape index (κ1) is 18.1. The zero-order valence-corrected chi connectivity index (χ0v) is 15.9. The van der Waals surface area contributed by atoms with Gasteiger partial charge in [0.15, 0.2) is 0 Å². The highest BCUT2D eigenvalue weighted by molar-refractivity contribution is 6.31. The van der Waals surface area contributed by atoms with E-state index in [0.717, 1.165) is 37.0 Å². The van der Waals surface area contributed by atoms with Gasteiger partial charge in [0.05, 0.1) is 5.56 Å². The number of nitrogens with one attached hydrogen (secondary N) is 2. The molecule has 2 aliphatic heterocycles. The highest BCUT2D eigenvalue weighted by Crippen LogP contribution is 2.24. The number of nitrogens with zero attached hydrogens (tertiary/aromatic N) is 2. The number of carbonyl (C=O) groups excluding carboxylic acids is 1. The first-order chi connectivity index (χ1) is 13.0. The summed E-state index contributed by atoms with van der Waals surface area (Å²) in [5, 5.41) is 14.1. The van der Waals surface area contributed by atoms with Gasteiger partial charge in [-0.2, -0.15) is 0 Å². The van der Waals surface area contributed by atoms with Crippen molar-refractivity contribution in [3.8, 4) is 0 Å². The molecule has 0 saturated carbocycles. The minimum Gasteiger partial charge on any atom is -0.493 e. The van der Waals surface area contributed by atoms with Gasteiger partial charge in [0.2, 0.25) is 5.88 Å². The minimum atomic E-state index is -0.0733. The molecule has 1 fully saturated rings. The average molecular weight is 387 g/mol.